The van der Waals surface area contributed by atoms with Gasteiger partial charge in [0.15, 0.2) is 11.6 Å². The highest BCUT2D eigenvalue weighted by Gasteiger charge is 2.30. The van der Waals surface area contributed by atoms with Gasteiger partial charge in [-0.25, -0.2) is 0 Å². The van der Waals surface area contributed by atoms with E-state index in [1.165, 1.54) is 0 Å². The van der Waals surface area contributed by atoms with Crippen LogP contribution in [0.5, 0.6) is 0 Å². The Morgan fingerprint density at radius 1 is 0.885 bits per heavy atom. The zero-order valence-corrected chi connectivity index (χ0v) is 16.6. The summed E-state index contributed by atoms with van der Waals surface area (Å²) < 4.78 is 0.975. The Hall–Kier alpha value is -1.78. The minimum Gasteiger partial charge on any atom is -0.300 e. The molecule has 2 unspecified atom stereocenters. The van der Waals surface area contributed by atoms with Crippen molar-refractivity contribution in [3.05, 3.63) is 70.2 Å². The molecule has 1 aliphatic rings. The zero-order chi connectivity index (χ0) is 18.5. The van der Waals surface area contributed by atoms with Crippen molar-refractivity contribution in [2.24, 2.45) is 0 Å². The predicted molar refractivity (Wildman–Crippen MR) is 108 cm³/mol. The molecule has 3 rings (SSSR count). The van der Waals surface area contributed by atoms with Gasteiger partial charge in [-0.15, -0.1) is 0 Å². The largest absolute Gasteiger partial charge is 0.300 e. The molecule has 0 saturated carbocycles. The number of ketones is 2. The molecule has 1 aliphatic heterocycles. The van der Waals surface area contributed by atoms with Crippen molar-refractivity contribution in [2.75, 3.05) is 7.05 Å². The summed E-state index contributed by atoms with van der Waals surface area (Å²) >= 11 is 3.40. The lowest BCUT2D eigenvalue weighted by Crippen LogP contribution is -2.45. The topological polar surface area (TPSA) is 37.4 Å². The van der Waals surface area contributed by atoms with E-state index in [4.69, 9.17) is 0 Å². The number of piperidine rings is 1. The molecule has 136 valence electrons. The van der Waals surface area contributed by atoms with E-state index in [0.29, 0.717) is 12.8 Å². The van der Waals surface area contributed by atoms with E-state index in [1.54, 1.807) is 0 Å². The summed E-state index contributed by atoms with van der Waals surface area (Å²) in [5.74, 6) is 0.353. The van der Waals surface area contributed by atoms with E-state index < -0.39 is 0 Å². The van der Waals surface area contributed by atoms with Gasteiger partial charge in [0, 0.05) is 40.5 Å². The molecule has 3 nitrogen and oxygen atoms in total. The van der Waals surface area contributed by atoms with Crippen LogP contribution < -0.4 is 0 Å². The minimum absolute atomic E-state index is 0.171. The Bertz CT molecular complexity index is 757. The average Bonchev–Trinajstić information content (AvgIpc) is 2.66. The molecule has 4 heteroatoms. The molecule has 0 aromatic heterocycles. The van der Waals surface area contributed by atoms with Gasteiger partial charge in [-0.05, 0) is 32.0 Å². The molecule has 1 heterocycles. The van der Waals surface area contributed by atoms with Gasteiger partial charge in [0.1, 0.15) is 0 Å². The van der Waals surface area contributed by atoms with Gasteiger partial charge in [0.2, 0.25) is 0 Å². The summed E-state index contributed by atoms with van der Waals surface area (Å²) in [6.07, 6.45) is 4.11. The van der Waals surface area contributed by atoms with Gasteiger partial charge < -0.3 is 0 Å². The maximum absolute atomic E-state index is 12.6. The van der Waals surface area contributed by atoms with Crippen molar-refractivity contribution >= 4 is 27.5 Å². The molecule has 1 saturated heterocycles. The molecule has 0 aliphatic carbocycles. The molecule has 2 atom stereocenters. The van der Waals surface area contributed by atoms with Crippen LogP contribution in [-0.2, 0) is 0 Å². The lowest BCUT2D eigenvalue weighted by atomic mass is 9.88. The number of rotatable bonds is 6. The van der Waals surface area contributed by atoms with Crippen LogP contribution in [0, 0.1) is 0 Å². The summed E-state index contributed by atoms with van der Waals surface area (Å²) in [7, 11) is 2.06. The molecule has 1 fully saturated rings. The maximum Gasteiger partial charge on any atom is 0.164 e. The Morgan fingerprint density at radius 3 is 1.92 bits per heavy atom. The summed E-state index contributed by atoms with van der Waals surface area (Å²) in [5.41, 5.74) is 1.53. The highest BCUT2D eigenvalue weighted by Crippen LogP contribution is 2.27. The Labute approximate surface area is 163 Å². The van der Waals surface area contributed by atoms with E-state index >= 15 is 0 Å². The molecule has 0 amide bonds. The molecular formula is C22H24BrNO2. The smallest absolute Gasteiger partial charge is 0.164 e. The first-order chi connectivity index (χ1) is 12.5. The molecule has 0 spiro atoms. The summed E-state index contributed by atoms with van der Waals surface area (Å²) in [6, 6.07) is 17.4. The second-order valence-electron chi connectivity index (χ2n) is 7.03. The fourth-order valence-electron chi connectivity index (χ4n) is 3.71. The van der Waals surface area contributed by atoms with Crippen LogP contribution in [0.2, 0.25) is 0 Å². The highest BCUT2D eigenvalue weighted by atomic mass is 79.9. The Morgan fingerprint density at radius 2 is 1.38 bits per heavy atom. The number of Topliss-reactive ketones (excluding diaryl/α,β-unsaturated/α-hetero) is 2. The number of hydrogen-bond donors (Lipinski definition) is 0. The maximum atomic E-state index is 12.6. The van der Waals surface area contributed by atoms with Crippen molar-refractivity contribution in [2.45, 2.75) is 44.2 Å². The lowest BCUT2D eigenvalue weighted by molar-refractivity contribution is 0.0723. The first-order valence-corrected chi connectivity index (χ1v) is 9.93. The predicted octanol–water partition coefficient (Wildman–Crippen LogP) is 5.15. The van der Waals surface area contributed by atoms with Gasteiger partial charge in [0.25, 0.3) is 0 Å². The molecular weight excluding hydrogens is 390 g/mol. The number of carbonyl (C=O) groups excluding carboxylic acids is 2. The molecule has 0 radical (unpaired) electrons. The summed E-state index contributed by atoms with van der Waals surface area (Å²) in [6.45, 7) is 0. The normalized spacial score (nSPS) is 20.7. The molecule has 2 aromatic rings. The van der Waals surface area contributed by atoms with E-state index in [9.17, 15) is 9.59 Å². The fraction of sp³-hybridized carbons (Fsp3) is 0.364. The quantitative estimate of drug-likeness (QED) is 0.614. The Balaban J connectivity index is 1.62. The number of hydrogen-bond acceptors (Lipinski definition) is 3. The van der Waals surface area contributed by atoms with E-state index in [1.807, 2.05) is 54.6 Å². The van der Waals surface area contributed by atoms with Crippen molar-refractivity contribution in [1.29, 1.82) is 0 Å². The minimum atomic E-state index is 0.171. The number of likely N-dealkylation sites (tertiary alicyclic amines) is 1. The van der Waals surface area contributed by atoms with Crippen LogP contribution in [0.25, 0.3) is 0 Å². The van der Waals surface area contributed by atoms with Gasteiger partial charge >= 0.3 is 0 Å². The van der Waals surface area contributed by atoms with Gasteiger partial charge in [0.05, 0.1) is 0 Å². The van der Waals surface area contributed by atoms with Crippen LogP contribution in [-0.4, -0.2) is 35.6 Å². The van der Waals surface area contributed by atoms with Crippen molar-refractivity contribution in [3.63, 3.8) is 0 Å². The van der Waals surface area contributed by atoms with Gasteiger partial charge in [-0.2, -0.15) is 0 Å². The number of carbonyl (C=O) groups is 2. The first-order valence-electron chi connectivity index (χ1n) is 9.13. The third-order valence-electron chi connectivity index (χ3n) is 5.33. The molecule has 0 N–H and O–H groups in total. The second-order valence-corrected chi connectivity index (χ2v) is 7.95. The molecule has 26 heavy (non-hydrogen) atoms. The van der Waals surface area contributed by atoms with Gasteiger partial charge in [-0.3, -0.25) is 14.5 Å². The van der Waals surface area contributed by atoms with Crippen LogP contribution in [0.3, 0.4) is 0 Å². The van der Waals surface area contributed by atoms with Crippen molar-refractivity contribution in [1.82, 2.24) is 4.90 Å². The fourth-order valence-corrected chi connectivity index (χ4v) is 3.97. The van der Waals surface area contributed by atoms with Crippen molar-refractivity contribution in [3.8, 4) is 0 Å². The SMILES string of the molecule is CN1C(CC(=O)c2ccccc2)CCCC1CC(=O)c1ccc(Br)cc1. The molecule has 0 bridgehead atoms. The summed E-state index contributed by atoms with van der Waals surface area (Å²) in [5, 5.41) is 0. The first kappa shape index (κ1) is 19.0. The third-order valence-corrected chi connectivity index (χ3v) is 5.86. The summed E-state index contributed by atoms with van der Waals surface area (Å²) in [4.78, 5) is 27.4. The van der Waals surface area contributed by atoms with E-state index in [-0.39, 0.29) is 23.7 Å². The lowest BCUT2D eigenvalue weighted by Gasteiger charge is -2.39. The number of nitrogens with zero attached hydrogens (tertiary/aromatic N) is 1. The highest BCUT2D eigenvalue weighted by molar-refractivity contribution is 9.10. The zero-order valence-electron chi connectivity index (χ0n) is 15.0. The number of benzene rings is 2. The van der Waals surface area contributed by atoms with Crippen molar-refractivity contribution < 1.29 is 9.59 Å². The van der Waals surface area contributed by atoms with Crippen LogP contribution in [0.4, 0.5) is 0 Å². The third kappa shape index (κ3) is 4.68. The van der Waals surface area contributed by atoms with E-state index in [0.717, 1.165) is 34.9 Å². The van der Waals surface area contributed by atoms with Crippen LogP contribution in [0.1, 0.15) is 52.8 Å². The Kier molecular flexibility index (Phi) is 6.38. The standard InChI is InChI=1S/C22H24BrNO2/c1-24-19(14-21(25)16-6-3-2-4-7-16)8-5-9-20(24)15-22(26)17-10-12-18(23)13-11-17/h2-4,6-7,10-13,19-20H,5,8-9,14-15H2,1H3. The van der Waals surface area contributed by atoms with Gasteiger partial charge in [-0.1, -0.05) is 64.8 Å². The van der Waals surface area contributed by atoms with Crippen LogP contribution >= 0.6 is 15.9 Å². The monoisotopic (exact) mass is 413 g/mol. The molecule has 2 aromatic carbocycles. The number of halogens is 1. The van der Waals surface area contributed by atoms with E-state index in [2.05, 4.69) is 27.9 Å². The second kappa shape index (κ2) is 8.74. The average molecular weight is 414 g/mol. The van der Waals surface area contributed by atoms with Crippen LogP contribution in [0.15, 0.2) is 59.1 Å².